The van der Waals surface area contributed by atoms with Crippen LogP contribution in [0, 0.1) is 0 Å². The molecule has 0 heterocycles. The molecule has 1 aromatic carbocycles. The molecule has 0 aliphatic heterocycles. The van der Waals surface area contributed by atoms with Crippen LogP contribution >= 0.6 is 11.6 Å². The van der Waals surface area contributed by atoms with Crippen molar-refractivity contribution in [2.45, 2.75) is 32.2 Å². The third-order valence-corrected chi connectivity index (χ3v) is 3.17. The van der Waals surface area contributed by atoms with Gasteiger partial charge in [0.05, 0.1) is 6.54 Å². The summed E-state index contributed by atoms with van der Waals surface area (Å²) >= 11 is 5.62. The summed E-state index contributed by atoms with van der Waals surface area (Å²) in [7, 11) is 0. The van der Waals surface area contributed by atoms with E-state index in [4.69, 9.17) is 11.6 Å². The highest BCUT2D eigenvalue weighted by molar-refractivity contribution is 6.17. The van der Waals surface area contributed by atoms with E-state index < -0.39 is 5.92 Å². The largest absolute Gasteiger partial charge is 0.295 e. The number of hydrogen-bond acceptors (Lipinski definition) is 1. The third kappa shape index (κ3) is 4.54. The van der Waals surface area contributed by atoms with Crippen molar-refractivity contribution in [3.05, 3.63) is 35.9 Å². The summed E-state index contributed by atoms with van der Waals surface area (Å²) in [5.41, 5.74) is 0.0709. The first-order chi connectivity index (χ1) is 8.47. The van der Waals surface area contributed by atoms with Crippen molar-refractivity contribution in [1.82, 2.24) is 4.90 Å². The first-order valence-corrected chi connectivity index (χ1v) is 6.74. The second kappa shape index (κ2) is 7.05. The van der Waals surface area contributed by atoms with Crippen molar-refractivity contribution < 1.29 is 8.78 Å². The minimum Gasteiger partial charge on any atom is -0.295 e. The average Bonchev–Trinajstić information content (AvgIpc) is 2.35. The highest BCUT2D eigenvalue weighted by atomic mass is 35.5. The first kappa shape index (κ1) is 15.4. The molecule has 1 nitrogen and oxygen atoms in total. The van der Waals surface area contributed by atoms with Crippen molar-refractivity contribution in [2.24, 2.45) is 0 Å². The van der Waals surface area contributed by atoms with Crippen molar-refractivity contribution in [3.63, 3.8) is 0 Å². The zero-order valence-electron chi connectivity index (χ0n) is 10.9. The van der Waals surface area contributed by atoms with Crippen molar-refractivity contribution in [3.8, 4) is 0 Å². The lowest BCUT2D eigenvalue weighted by Gasteiger charge is -2.30. The van der Waals surface area contributed by atoms with Gasteiger partial charge in [0, 0.05) is 17.5 Å². The molecule has 0 atom stereocenters. The Morgan fingerprint density at radius 2 is 1.83 bits per heavy atom. The van der Waals surface area contributed by atoms with E-state index in [0.717, 1.165) is 6.42 Å². The van der Waals surface area contributed by atoms with Crippen LogP contribution in [-0.2, 0) is 5.92 Å². The lowest BCUT2D eigenvalue weighted by Crippen LogP contribution is -2.40. The van der Waals surface area contributed by atoms with Crippen molar-refractivity contribution in [2.75, 3.05) is 19.0 Å². The van der Waals surface area contributed by atoms with Crippen LogP contribution in [0.1, 0.15) is 25.8 Å². The van der Waals surface area contributed by atoms with Crippen LogP contribution in [0.2, 0.25) is 0 Å². The van der Waals surface area contributed by atoms with E-state index >= 15 is 0 Å². The highest BCUT2D eigenvalue weighted by Gasteiger charge is 2.34. The van der Waals surface area contributed by atoms with Gasteiger partial charge < -0.3 is 0 Å². The van der Waals surface area contributed by atoms with E-state index in [2.05, 4.69) is 0 Å². The Morgan fingerprint density at radius 3 is 2.33 bits per heavy atom. The van der Waals surface area contributed by atoms with Crippen LogP contribution in [0.4, 0.5) is 8.78 Å². The molecule has 1 rings (SSSR count). The van der Waals surface area contributed by atoms with E-state index in [9.17, 15) is 8.78 Å². The smallest absolute Gasteiger partial charge is 0.285 e. The molecule has 0 bridgehead atoms. The van der Waals surface area contributed by atoms with Gasteiger partial charge >= 0.3 is 0 Å². The molecule has 0 unspecified atom stereocenters. The molecule has 4 heteroatoms. The molecule has 0 aromatic heterocycles. The lowest BCUT2D eigenvalue weighted by atomic mass is 10.1. The summed E-state index contributed by atoms with van der Waals surface area (Å²) in [6.45, 7) is 4.19. The predicted octanol–water partition coefficient (Wildman–Crippen LogP) is 4.12. The number of rotatable bonds is 7. The molecule has 1 aromatic rings. The minimum atomic E-state index is -2.82. The van der Waals surface area contributed by atoms with Gasteiger partial charge in [-0.05, 0) is 26.8 Å². The molecule has 0 aliphatic carbocycles. The second-order valence-electron chi connectivity index (χ2n) is 4.68. The fourth-order valence-electron chi connectivity index (χ4n) is 1.81. The Kier molecular flexibility index (Phi) is 6.03. The van der Waals surface area contributed by atoms with Crippen molar-refractivity contribution >= 4 is 11.6 Å². The zero-order valence-corrected chi connectivity index (χ0v) is 11.6. The minimum absolute atomic E-state index is 0.0709. The van der Waals surface area contributed by atoms with E-state index in [1.165, 1.54) is 12.1 Å². The van der Waals surface area contributed by atoms with Gasteiger partial charge in [-0.2, -0.15) is 8.78 Å². The van der Waals surface area contributed by atoms with Crippen molar-refractivity contribution in [1.29, 1.82) is 0 Å². The summed E-state index contributed by atoms with van der Waals surface area (Å²) in [6, 6.07) is 8.06. The van der Waals surface area contributed by atoms with Crippen LogP contribution < -0.4 is 0 Å². The second-order valence-corrected chi connectivity index (χ2v) is 5.06. The quantitative estimate of drug-likeness (QED) is 0.677. The molecule has 0 fully saturated rings. The highest BCUT2D eigenvalue weighted by Crippen LogP contribution is 2.29. The van der Waals surface area contributed by atoms with E-state index in [1.54, 1.807) is 23.1 Å². The zero-order chi connectivity index (χ0) is 13.6. The standard InChI is InChI=1S/C14H20ClF2N/c1-12(2)18(10-6-9-15)11-14(16,17)13-7-4-3-5-8-13/h3-5,7-8,12H,6,9-11H2,1-2H3. The van der Waals surface area contributed by atoms with Gasteiger partial charge in [0.1, 0.15) is 0 Å². The number of halogens is 3. The van der Waals surface area contributed by atoms with E-state index in [0.29, 0.717) is 12.4 Å². The molecular weight excluding hydrogens is 256 g/mol. The van der Waals surface area contributed by atoms with E-state index in [-0.39, 0.29) is 18.2 Å². The molecule has 0 amide bonds. The molecule has 0 aliphatic rings. The van der Waals surface area contributed by atoms with Gasteiger partial charge in [0.25, 0.3) is 5.92 Å². The Bertz CT molecular complexity index is 341. The van der Waals surface area contributed by atoms with Gasteiger partial charge in [-0.1, -0.05) is 30.3 Å². The van der Waals surface area contributed by atoms with Gasteiger partial charge in [-0.25, -0.2) is 0 Å². The topological polar surface area (TPSA) is 3.24 Å². The summed E-state index contributed by atoms with van der Waals surface area (Å²) < 4.78 is 28.2. The Hall–Kier alpha value is -0.670. The van der Waals surface area contributed by atoms with Crippen LogP contribution in [0.15, 0.2) is 30.3 Å². The average molecular weight is 276 g/mol. The summed E-state index contributed by atoms with van der Waals surface area (Å²) in [5, 5.41) is 0. The molecular formula is C14H20ClF2N. The van der Waals surface area contributed by atoms with Crippen LogP contribution in [0.3, 0.4) is 0 Å². The number of benzene rings is 1. The van der Waals surface area contributed by atoms with Crippen LogP contribution in [0.5, 0.6) is 0 Å². The summed E-state index contributed by atoms with van der Waals surface area (Å²) in [4.78, 5) is 1.77. The fourth-order valence-corrected chi connectivity index (χ4v) is 1.93. The lowest BCUT2D eigenvalue weighted by molar-refractivity contribution is -0.0449. The number of nitrogens with zero attached hydrogens (tertiary/aromatic N) is 1. The maximum atomic E-state index is 14.1. The predicted molar refractivity (Wildman–Crippen MR) is 72.4 cm³/mol. The third-order valence-electron chi connectivity index (χ3n) is 2.91. The van der Waals surface area contributed by atoms with Gasteiger partial charge in [0.15, 0.2) is 0 Å². The Labute approximate surface area is 113 Å². The molecule has 0 spiro atoms. The Morgan fingerprint density at radius 1 is 1.22 bits per heavy atom. The first-order valence-electron chi connectivity index (χ1n) is 6.20. The molecule has 0 saturated heterocycles. The Balaban J connectivity index is 2.72. The van der Waals surface area contributed by atoms with E-state index in [1.807, 2.05) is 13.8 Å². The summed E-state index contributed by atoms with van der Waals surface area (Å²) in [5.74, 6) is -2.32. The number of alkyl halides is 3. The summed E-state index contributed by atoms with van der Waals surface area (Å²) in [6.07, 6.45) is 0.727. The SMILES string of the molecule is CC(C)N(CCCCl)CC(F)(F)c1ccccc1. The normalized spacial score (nSPS) is 12.4. The van der Waals surface area contributed by atoms with Gasteiger partial charge in [-0.3, -0.25) is 4.90 Å². The molecule has 0 radical (unpaired) electrons. The maximum absolute atomic E-state index is 14.1. The fraction of sp³-hybridized carbons (Fsp3) is 0.571. The number of hydrogen-bond donors (Lipinski definition) is 0. The molecule has 102 valence electrons. The molecule has 18 heavy (non-hydrogen) atoms. The van der Waals surface area contributed by atoms with Gasteiger partial charge in [-0.15, -0.1) is 11.6 Å². The van der Waals surface area contributed by atoms with Gasteiger partial charge in [0.2, 0.25) is 0 Å². The molecule has 0 N–H and O–H groups in total. The molecule has 0 saturated carbocycles. The van der Waals surface area contributed by atoms with Crippen LogP contribution in [-0.4, -0.2) is 29.9 Å². The maximum Gasteiger partial charge on any atom is 0.285 e. The van der Waals surface area contributed by atoms with Crippen LogP contribution in [0.25, 0.3) is 0 Å². The monoisotopic (exact) mass is 275 g/mol.